The lowest BCUT2D eigenvalue weighted by molar-refractivity contribution is 1.28. The van der Waals surface area contributed by atoms with Crippen LogP contribution in [0.5, 0.6) is 0 Å². The van der Waals surface area contributed by atoms with Crippen LogP contribution in [0, 0.1) is 20.8 Å². The third kappa shape index (κ3) is 1.49. The summed E-state index contributed by atoms with van der Waals surface area (Å²) >= 11 is 6.01. The van der Waals surface area contributed by atoms with E-state index >= 15 is 0 Å². The molecular formula is C9H13ClSi. The van der Waals surface area contributed by atoms with Crippen molar-refractivity contribution in [1.29, 1.82) is 0 Å². The van der Waals surface area contributed by atoms with Gasteiger partial charge in [0.15, 0.2) is 0 Å². The smallest absolute Gasteiger partial charge is 0.0436 e. The number of hydrogen-bond acceptors (Lipinski definition) is 0. The maximum absolute atomic E-state index is 6.01. The molecule has 11 heavy (non-hydrogen) atoms. The second kappa shape index (κ2) is 3.00. The Bertz CT molecular complexity index is 266. The highest BCUT2D eigenvalue weighted by Gasteiger charge is 2.03. The minimum Gasteiger partial charge on any atom is -0.0840 e. The van der Waals surface area contributed by atoms with E-state index in [4.69, 9.17) is 11.6 Å². The molecule has 0 aromatic heterocycles. The number of benzene rings is 1. The van der Waals surface area contributed by atoms with Crippen LogP contribution in [0.15, 0.2) is 6.07 Å². The Morgan fingerprint density at radius 2 is 1.64 bits per heavy atom. The summed E-state index contributed by atoms with van der Waals surface area (Å²) in [5.41, 5.74) is 3.99. The molecule has 0 bridgehead atoms. The van der Waals surface area contributed by atoms with Crippen LogP contribution in [0.25, 0.3) is 0 Å². The average molecular weight is 185 g/mol. The molecule has 0 aliphatic heterocycles. The van der Waals surface area contributed by atoms with Crippen molar-refractivity contribution < 1.29 is 0 Å². The molecule has 2 heteroatoms. The van der Waals surface area contributed by atoms with Gasteiger partial charge in [-0.15, -0.1) is 0 Å². The Hall–Kier alpha value is -0.273. The fraction of sp³-hybridized carbons (Fsp3) is 0.333. The Balaban J connectivity index is 3.46. The molecule has 1 rings (SSSR count). The van der Waals surface area contributed by atoms with Crippen LogP contribution in [-0.4, -0.2) is 10.2 Å². The minimum atomic E-state index is 0.915. The first-order valence-corrected chi connectivity index (χ1v) is 5.14. The molecule has 60 valence electrons. The Morgan fingerprint density at radius 1 is 1.09 bits per heavy atom. The van der Waals surface area contributed by atoms with Crippen molar-refractivity contribution in [2.75, 3.05) is 0 Å². The van der Waals surface area contributed by atoms with Crippen molar-refractivity contribution in [2.24, 2.45) is 0 Å². The largest absolute Gasteiger partial charge is 0.0840 e. The first-order chi connectivity index (χ1) is 5.04. The normalized spacial score (nSPS) is 10.5. The van der Waals surface area contributed by atoms with Crippen LogP contribution in [0.1, 0.15) is 16.7 Å². The van der Waals surface area contributed by atoms with E-state index in [1.54, 1.807) is 0 Å². The summed E-state index contributed by atoms with van der Waals surface area (Å²) in [5, 5.41) is 2.33. The van der Waals surface area contributed by atoms with Crippen LogP contribution in [-0.2, 0) is 0 Å². The molecule has 0 aliphatic rings. The van der Waals surface area contributed by atoms with Gasteiger partial charge in [0.1, 0.15) is 0 Å². The van der Waals surface area contributed by atoms with Crippen molar-refractivity contribution in [1.82, 2.24) is 0 Å². The summed E-state index contributed by atoms with van der Waals surface area (Å²) in [6.07, 6.45) is 0. The highest BCUT2D eigenvalue weighted by molar-refractivity contribution is 6.37. The number of rotatable bonds is 0. The van der Waals surface area contributed by atoms with Crippen molar-refractivity contribution >= 4 is 27.0 Å². The summed E-state index contributed by atoms with van der Waals surface area (Å²) in [6.45, 7) is 6.38. The van der Waals surface area contributed by atoms with Gasteiger partial charge in [0.05, 0.1) is 0 Å². The lowest BCUT2D eigenvalue weighted by atomic mass is 10.0. The third-order valence-electron chi connectivity index (χ3n) is 2.42. The average Bonchev–Trinajstić information content (AvgIpc) is 1.97. The third-order valence-corrected chi connectivity index (χ3v) is 3.85. The topological polar surface area (TPSA) is 0 Å². The van der Waals surface area contributed by atoms with Crippen molar-refractivity contribution in [3.8, 4) is 0 Å². The molecule has 0 heterocycles. The van der Waals surface area contributed by atoms with E-state index in [0.29, 0.717) is 0 Å². The molecule has 0 saturated carbocycles. The summed E-state index contributed by atoms with van der Waals surface area (Å²) in [5.74, 6) is 0. The molecule has 0 fully saturated rings. The van der Waals surface area contributed by atoms with Gasteiger partial charge in [-0.05, 0) is 43.5 Å². The summed E-state index contributed by atoms with van der Waals surface area (Å²) in [4.78, 5) is 0. The molecule has 0 saturated heterocycles. The lowest BCUT2D eigenvalue weighted by Gasteiger charge is -2.09. The quantitative estimate of drug-likeness (QED) is 0.533. The summed E-state index contributed by atoms with van der Waals surface area (Å²) < 4.78 is 0. The van der Waals surface area contributed by atoms with Gasteiger partial charge in [0.25, 0.3) is 0 Å². The van der Waals surface area contributed by atoms with E-state index in [0.717, 1.165) is 15.3 Å². The zero-order chi connectivity index (χ0) is 8.59. The van der Waals surface area contributed by atoms with Gasteiger partial charge in [0.2, 0.25) is 0 Å². The van der Waals surface area contributed by atoms with E-state index in [1.165, 1.54) is 21.9 Å². The van der Waals surface area contributed by atoms with Gasteiger partial charge >= 0.3 is 0 Å². The molecule has 0 radical (unpaired) electrons. The van der Waals surface area contributed by atoms with E-state index < -0.39 is 0 Å². The molecule has 0 N–H and O–H groups in total. The maximum Gasteiger partial charge on any atom is 0.0436 e. The highest BCUT2D eigenvalue weighted by atomic mass is 35.5. The van der Waals surface area contributed by atoms with Gasteiger partial charge in [-0.25, -0.2) is 0 Å². The molecule has 1 aromatic carbocycles. The van der Waals surface area contributed by atoms with Crippen molar-refractivity contribution in [2.45, 2.75) is 20.8 Å². The van der Waals surface area contributed by atoms with Gasteiger partial charge in [0, 0.05) is 15.3 Å². The molecule has 0 spiro atoms. The predicted octanol–water partition coefficient (Wildman–Crippen LogP) is 1.26. The van der Waals surface area contributed by atoms with Crippen molar-refractivity contribution in [3.05, 3.63) is 27.8 Å². The standard InChI is InChI=1S/C9H13ClSi/c1-5-6(2)8(10)4-9(11)7(5)3/h4H,1-3,11H3. The van der Waals surface area contributed by atoms with Gasteiger partial charge in [-0.2, -0.15) is 0 Å². The van der Waals surface area contributed by atoms with Crippen LogP contribution < -0.4 is 5.19 Å². The molecular weight excluding hydrogens is 172 g/mol. The minimum absolute atomic E-state index is 0.915. The molecule has 0 aliphatic carbocycles. The SMILES string of the molecule is Cc1c([SiH3])cc(Cl)c(C)c1C. The van der Waals surface area contributed by atoms with Crippen LogP contribution in [0.2, 0.25) is 5.02 Å². The first kappa shape index (κ1) is 8.82. The van der Waals surface area contributed by atoms with Gasteiger partial charge < -0.3 is 0 Å². The van der Waals surface area contributed by atoms with Crippen LogP contribution in [0.3, 0.4) is 0 Å². The molecule has 0 nitrogen and oxygen atoms in total. The van der Waals surface area contributed by atoms with Crippen LogP contribution >= 0.6 is 11.6 Å². The maximum atomic E-state index is 6.01. The number of hydrogen-bond donors (Lipinski definition) is 0. The Labute approximate surface area is 76.0 Å². The molecule has 0 unspecified atom stereocenters. The molecule has 0 atom stereocenters. The summed E-state index contributed by atoms with van der Waals surface area (Å²) in [6, 6.07) is 2.09. The van der Waals surface area contributed by atoms with Gasteiger partial charge in [-0.1, -0.05) is 16.8 Å². The van der Waals surface area contributed by atoms with E-state index in [1.807, 2.05) is 0 Å². The molecule has 1 aromatic rings. The fourth-order valence-corrected chi connectivity index (χ4v) is 2.31. The number of halogens is 1. The highest BCUT2D eigenvalue weighted by Crippen LogP contribution is 2.19. The van der Waals surface area contributed by atoms with E-state index in [-0.39, 0.29) is 0 Å². The van der Waals surface area contributed by atoms with Gasteiger partial charge in [-0.3, -0.25) is 0 Å². The second-order valence-electron chi connectivity index (χ2n) is 3.05. The summed E-state index contributed by atoms with van der Waals surface area (Å²) in [7, 11) is 1.09. The van der Waals surface area contributed by atoms with Crippen LogP contribution in [0.4, 0.5) is 0 Å². The Morgan fingerprint density at radius 3 is 2.18 bits per heavy atom. The van der Waals surface area contributed by atoms with E-state index in [2.05, 4.69) is 26.8 Å². The monoisotopic (exact) mass is 184 g/mol. The predicted molar refractivity (Wildman–Crippen MR) is 55.2 cm³/mol. The molecule has 0 amide bonds. The lowest BCUT2D eigenvalue weighted by Crippen LogP contribution is -2.10. The zero-order valence-electron chi connectivity index (χ0n) is 7.46. The zero-order valence-corrected chi connectivity index (χ0v) is 10.2. The van der Waals surface area contributed by atoms with E-state index in [9.17, 15) is 0 Å². The Kier molecular flexibility index (Phi) is 2.40. The fourth-order valence-electron chi connectivity index (χ4n) is 1.16. The first-order valence-electron chi connectivity index (χ1n) is 3.77. The van der Waals surface area contributed by atoms with Crippen molar-refractivity contribution in [3.63, 3.8) is 0 Å². The second-order valence-corrected chi connectivity index (χ2v) is 4.53.